The smallest absolute Gasteiger partial charge is 0.142 e. The number of fused-ring (bicyclic) bond motifs is 3. The predicted molar refractivity (Wildman–Crippen MR) is 85.0 cm³/mol. The summed E-state index contributed by atoms with van der Waals surface area (Å²) in [5, 5.41) is 11.6. The van der Waals surface area contributed by atoms with Gasteiger partial charge in [-0.1, -0.05) is 0 Å². The van der Waals surface area contributed by atoms with Crippen LogP contribution in [0.1, 0.15) is 0 Å². The van der Waals surface area contributed by atoms with E-state index in [-0.39, 0.29) is 5.75 Å². The summed E-state index contributed by atoms with van der Waals surface area (Å²) in [5.74, 6) is 1.02. The van der Waals surface area contributed by atoms with Crippen molar-refractivity contribution in [3.05, 3.63) is 48.8 Å². The van der Waals surface area contributed by atoms with Crippen LogP contribution in [-0.2, 0) is 0 Å². The van der Waals surface area contributed by atoms with E-state index < -0.39 is 0 Å². The third-order valence-electron chi connectivity index (χ3n) is 3.74. The van der Waals surface area contributed by atoms with Crippen LogP contribution in [-0.4, -0.2) is 27.2 Å². The van der Waals surface area contributed by atoms with Crippen LogP contribution in [0.5, 0.6) is 11.5 Å². The normalized spacial score (nSPS) is 11.1. The SMILES string of the molecule is COc1ccc(-c2ncnc3[nH]c4ccc(O)cc4c23)cc1. The number of aromatic hydroxyl groups is 1. The van der Waals surface area contributed by atoms with Gasteiger partial charge in [0.15, 0.2) is 0 Å². The highest BCUT2D eigenvalue weighted by Gasteiger charge is 2.13. The fourth-order valence-electron chi connectivity index (χ4n) is 2.68. The number of hydrogen-bond donors (Lipinski definition) is 2. The monoisotopic (exact) mass is 291 g/mol. The van der Waals surface area contributed by atoms with Gasteiger partial charge in [-0.25, -0.2) is 9.97 Å². The Hall–Kier alpha value is -3.08. The second-order valence-corrected chi connectivity index (χ2v) is 5.03. The first kappa shape index (κ1) is 12.6. The molecule has 0 aliphatic heterocycles. The highest BCUT2D eigenvalue weighted by molar-refractivity contribution is 6.12. The Morgan fingerprint density at radius 2 is 1.86 bits per heavy atom. The summed E-state index contributed by atoms with van der Waals surface area (Å²) in [6.07, 6.45) is 1.54. The lowest BCUT2D eigenvalue weighted by Gasteiger charge is -2.04. The number of methoxy groups -OCH3 is 1. The number of aromatic nitrogens is 3. The molecule has 2 heterocycles. The molecule has 0 bridgehead atoms. The molecule has 0 spiro atoms. The molecule has 0 fully saturated rings. The van der Waals surface area contributed by atoms with E-state index in [4.69, 9.17) is 4.74 Å². The Labute approximate surface area is 126 Å². The number of benzene rings is 2. The van der Waals surface area contributed by atoms with Crippen molar-refractivity contribution in [3.8, 4) is 22.8 Å². The fourth-order valence-corrected chi connectivity index (χ4v) is 2.68. The maximum Gasteiger partial charge on any atom is 0.142 e. The Morgan fingerprint density at radius 1 is 1.05 bits per heavy atom. The lowest BCUT2D eigenvalue weighted by atomic mass is 10.1. The largest absolute Gasteiger partial charge is 0.508 e. The summed E-state index contributed by atoms with van der Waals surface area (Å²) in [7, 11) is 1.64. The minimum absolute atomic E-state index is 0.220. The van der Waals surface area contributed by atoms with Crippen LogP contribution >= 0.6 is 0 Å². The van der Waals surface area contributed by atoms with Crippen molar-refractivity contribution in [1.29, 1.82) is 0 Å². The molecule has 22 heavy (non-hydrogen) atoms. The maximum atomic E-state index is 9.77. The summed E-state index contributed by atoms with van der Waals surface area (Å²) in [6, 6.07) is 12.9. The van der Waals surface area contributed by atoms with Crippen molar-refractivity contribution in [3.63, 3.8) is 0 Å². The van der Waals surface area contributed by atoms with Gasteiger partial charge >= 0.3 is 0 Å². The zero-order valence-corrected chi connectivity index (χ0v) is 11.9. The van der Waals surface area contributed by atoms with E-state index in [1.54, 1.807) is 19.2 Å². The molecule has 0 radical (unpaired) electrons. The van der Waals surface area contributed by atoms with Gasteiger partial charge in [0.2, 0.25) is 0 Å². The molecule has 5 nitrogen and oxygen atoms in total. The van der Waals surface area contributed by atoms with Crippen LogP contribution in [0, 0.1) is 0 Å². The summed E-state index contributed by atoms with van der Waals surface area (Å²) < 4.78 is 5.19. The predicted octanol–water partition coefficient (Wildman–Crippen LogP) is 3.49. The van der Waals surface area contributed by atoms with Gasteiger partial charge in [-0.3, -0.25) is 0 Å². The first-order chi connectivity index (χ1) is 10.8. The van der Waals surface area contributed by atoms with Crippen molar-refractivity contribution in [1.82, 2.24) is 15.0 Å². The molecule has 4 aromatic rings. The van der Waals surface area contributed by atoms with E-state index in [0.29, 0.717) is 0 Å². The molecule has 0 amide bonds. The van der Waals surface area contributed by atoms with E-state index in [0.717, 1.165) is 38.9 Å². The zero-order valence-electron chi connectivity index (χ0n) is 11.9. The minimum atomic E-state index is 0.220. The molecule has 2 aromatic carbocycles. The first-order valence-corrected chi connectivity index (χ1v) is 6.86. The standard InChI is InChI=1S/C17H13N3O2/c1-22-12-5-2-10(3-6-12)16-15-13-8-11(21)4-7-14(13)20-17(15)19-9-18-16/h2-9,21H,1H3,(H,18,19,20). The van der Waals surface area contributed by atoms with Gasteiger partial charge in [0.1, 0.15) is 23.5 Å². The third-order valence-corrected chi connectivity index (χ3v) is 3.74. The molecule has 0 aliphatic rings. The summed E-state index contributed by atoms with van der Waals surface area (Å²) in [6.45, 7) is 0. The van der Waals surface area contributed by atoms with Crippen molar-refractivity contribution < 1.29 is 9.84 Å². The number of hydrogen-bond acceptors (Lipinski definition) is 4. The van der Waals surface area contributed by atoms with Crippen LogP contribution in [0.4, 0.5) is 0 Å². The average Bonchev–Trinajstić information content (AvgIpc) is 2.93. The zero-order chi connectivity index (χ0) is 15.1. The number of aromatic amines is 1. The molecule has 0 atom stereocenters. The van der Waals surface area contributed by atoms with Crippen molar-refractivity contribution in [2.75, 3.05) is 7.11 Å². The Bertz CT molecular complexity index is 974. The first-order valence-electron chi connectivity index (χ1n) is 6.86. The van der Waals surface area contributed by atoms with E-state index in [9.17, 15) is 5.11 Å². The molecule has 108 valence electrons. The van der Waals surface area contributed by atoms with Gasteiger partial charge in [0, 0.05) is 16.5 Å². The number of phenolic OH excluding ortho intramolecular Hbond substituents is 1. The molecule has 2 N–H and O–H groups in total. The van der Waals surface area contributed by atoms with Crippen LogP contribution in [0.25, 0.3) is 33.2 Å². The molecule has 4 rings (SSSR count). The molecule has 5 heteroatoms. The van der Waals surface area contributed by atoms with Crippen molar-refractivity contribution >= 4 is 21.9 Å². The van der Waals surface area contributed by atoms with Gasteiger partial charge < -0.3 is 14.8 Å². The van der Waals surface area contributed by atoms with Gasteiger partial charge in [0.25, 0.3) is 0 Å². The Kier molecular flexibility index (Phi) is 2.72. The van der Waals surface area contributed by atoms with E-state index in [2.05, 4.69) is 15.0 Å². The van der Waals surface area contributed by atoms with Crippen molar-refractivity contribution in [2.24, 2.45) is 0 Å². The Balaban J connectivity index is 2.03. The van der Waals surface area contributed by atoms with E-state index >= 15 is 0 Å². The minimum Gasteiger partial charge on any atom is -0.508 e. The van der Waals surface area contributed by atoms with Crippen molar-refractivity contribution in [2.45, 2.75) is 0 Å². The van der Waals surface area contributed by atoms with Gasteiger partial charge in [0.05, 0.1) is 18.2 Å². The van der Waals surface area contributed by atoms with Crippen LogP contribution < -0.4 is 4.74 Å². The number of nitrogens with zero attached hydrogens (tertiary/aromatic N) is 2. The van der Waals surface area contributed by atoms with Gasteiger partial charge in [-0.15, -0.1) is 0 Å². The van der Waals surface area contributed by atoms with Crippen LogP contribution in [0.15, 0.2) is 48.8 Å². The lowest BCUT2D eigenvalue weighted by Crippen LogP contribution is -1.88. The second kappa shape index (κ2) is 4.73. The van der Waals surface area contributed by atoms with E-state index in [1.165, 1.54) is 6.33 Å². The summed E-state index contributed by atoms with van der Waals surface area (Å²) in [4.78, 5) is 12.0. The Morgan fingerprint density at radius 3 is 2.64 bits per heavy atom. The highest BCUT2D eigenvalue weighted by atomic mass is 16.5. The van der Waals surface area contributed by atoms with Crippen LogP contribution in [0.2, 0.25) is 0 Å². The number of phenols is 1. The number of nitrogens with one attached hydrogen (secondary N) is 1. The lowest BCUT2D eigenvalue weighted by molar-refractivity contribution is 0.415. The molecular weight excluding hydrogens is 278 g/mol. The van der Waals surface area contributed by atoms with Gasteiger partial charge in [-0.2, -0.15) is 0 Å². The average molecular weight is 291 g/mol. The van der Waals surface area contributed by atoms with Gasteiger partial charge in [-0.05, 0) is 42.5 Å². The topological polar surface area (TPSA) is 71.0 Å². The molecule has 0 saturated heterocycles. The second-order valence-electron chi connectivity index (χ2n) is 5.03. The number of ether oxygens (including phenoxy) is 1. The quantitative estimate of drug-likeness (QED) is 0.593. The summed E-state index contributed by atoms with van der Waals surface area (Å²) in [5.41, 5.74) is 3.46. The molecule has 0 aliphatic carbocycles. The molecule has 0 saturated carbocycles. The number of H-pyrrole nitrogens is 1. The third kappa shape index (κ3) is 1.87. The molecular formula is C17H13N3O2. The molecule has 2 aromatic heterocycles. The maximum absolute atomic E-state index is 9.77. The van der Waals surface area contributed by atoms with Crippen LogP contribution in [0.3, 0.4) is 0 Å². The summed E-state index contributed by atoms with van der Waals surface area (Å²) >= 11 is 0. The number of rotatable bonds is 2. The highest BCUT2D eigenvalue weighted by Crippen LogP contribution is 2.33. The fraction of sp³-hybridized carbons (Fsp3) is 0.0588. The molecule has 0 unspecified atom stereocenters. The van der Waals surface area contributed by atoms with E-state index in [1.807, 2.05) is 30.3 Å².